The minimum atomic E-state index is 0.569. The van der Waals surface area contributed by atoms with Gasteiger partial charge in [0.2, 0.25) is 0 Å². The first-order chi connectivity index (χ1) is 3.35. The van der Waals surface area contributed by atoms with Crippen LogP contribution in [0.3, 0.4) is 0 Å². The topological polar surface area (TPSA) is 20.5 Å². The Hall–Kier alpha value is -0.660. The lowest BCUT2D eigenvalue weighted by molar-refractivity contribution is -0.395. The van der Waals surface area contributed by atoms with Crippen LogP contribution in [0.2, 0.25) is 0 Å². The second-order valence-electron chi connectivity index (χ2n) is 1.07. The van der Waals surface area contributed by atoms with Crippen molar-refractivity contribution in [1.82, 2.24) is 0 Å². The van der Waals surface area contributed by atoms with Gasteiger partial charge in [0.05, 0.1) is 0 Å². The highest BCUT2D eigenvalue weighted by Crippen LogP contribution is 1.79. The van der Waals surface area contributed by atoms with Gasteiger partial charge in [0.1, 0.15) is 0 Å². The van der Waals surface area contributed by atoms with Crippen molar-refractivity contribution in [3.05, 3.63) is 7.11 Å². The Labute approximate surface area is 43.8 Å². The Bertz CT molecular complexity index is 60.5. The summed E-state index contributed by atoms with van der Waals surface area (Å²) < 4.78 is 9.17. The summed E-state index contributed by atoms with van der Waals surface area (Å²) in [4.78, 5) is 0. The van der Waals surface area contributed by atoms with Gasteiger partial charge in [-0.1, -0.05) is 6.92 Å². The SMILES string of the molecule is [CH2-]/[O+]=C(/CC)OC. The lowest BCUT2D eigenvalue weighted by atomic mass is 10.5. The normalized spacial score (nSPS) is 11.4. The Balaban J connectivity index is 3.38. The minimum Gasteiger partial charge on any atom is -0.470 e. The second-order valence-corrected chi connectivity index (χ2v) is 1.07. The molecule has 2 nitrogen and oxygen atoms in total. The molecule has 0 saturated heterocycles. The molecule has 0 atom stereocenters. The molecule has 0 bridgehead atoms. The van der Waals surface area contributed by atoms with Crippen LogP contribution in [-0.2, 0) is 9.16 Å². The van der Waals surface area contributed by atoms with E-state index in [1.165, 1.54) is 0 Å². The molecule has 0 unspecified atom stereocenters. The number of ether oxygens (including phenoxy) is 1. The third-order valence-electron chi connectivity index (χ3n) is 0.677. The van der Waals surface area contributed by atoms with Crippen molar-refractivity contribution < 1.29 is 9.16 Å². The first kappa shape index (κ1) is 6.34. The molecular weight excluding hydrogens is 92.1 g/mol. The van der Waals surface area contributed by atoms with Crippen LogP contribution in [0.1, 0.15) is 13.3 Å². The Morgan fingerprint density at radius 1 is 1.86 bits per heavy atom. The van der Waals surface area contributed by atoms with E-state index in [2.05, 4.69) is 16.3 Å². The van der Waals surface area contributed by atoms with Crippen molar-refractivity contribution >= 4 is 5.97 Å². The van der Waals surface area contributed by atoms with E-state index in [1.807, 2.05) is 6.92 Å². The van der Waals surface area contributed by atoms with Gasteiger partial charge in [0.15, 0.2) is 7.11 Å². The molecule has 0 aliphatic rings. The van der Waals surface area contributed by atoms with Crippen LogP contribution in [0.15, 0.2) is 0 Å². The van der Waals surface area contributed by atoms with E-state index in [9.17, 15) is 0 Å². The summed E-state index contributed by atoms with van der Waals surface area (Å²) in [6.07, 6.45) is 0.764. The average Bonchev–Trinajstić information content (AvgIpc) is 1.72. The summed E-state index contributed by atoms with van der Waals surface area (Å²) in [5.74, 6) is 0.569. The molecule has 0 spiro atoms. The summed E-state index contributed by atoms with van der Waals surface area (Å²) >= 11 is 0. The van der Waals surface area contributed by atoms with Crippen molar-refractivity contribution in [2.75, 3.05) is 7.11 Å². The molecule has 0 amide bonds. The number of carbonyl (C=O) groups excluding carboxylic acids is 1. The summed E-state index contributed by atoms with van der Waals surface area (Å²) in [6.45, 7) is 1.93. The van der Waals surface area contributed by atoms with Crippen LogP contribution in [-0.4, -0.2) is 13.1 Å². The molecule has 0 fully saturated rings. The molecular formula is C5H10O2. The molecule has 0 N–H and O–H groups in total. The highest BCUT2D eigenvalue weighted by Gasteiger charge is 1.91. The van der Waals surface area contributed by atoms with Gasteiger partial charge in [-0.2, -0.15) is 0 Å². The molecule has 0 aromatic carbocycles. The maximum Gasteiger partial charge on any atom is 0.336 e. The molecule has 0 aliphatic carbocycles. The summed E-state index contributed by atoms with van der Waals surface area (Å²) in [5.41, 5.74) is 0. The average molecular weight is 102 g/mol. The smallest absolute Gasteiger partial charge is 0.336 e. The zero-order chi connectivity index (χ0) is 5.70. The van der Waals surface area contributed by atoms with E-state index >= 15 is 0 Å². The van der Waals surface area contributed by atoms with E-state index in [1.54, 1.807) is 7.11 Å². The maximum atomic E-state index is 4.68. The van der Waals surface area contributed by atoms with E-state index in [4.69, 9.17) is 0 Å². The fourth-order valence-electron chi connectivity index (χ4n) is 0.305. The molecule has 0 saturated carbocycles. The first-order valence-corrected chi connectivity index (χ1v) is 2.17. The summed E-state index contributed by atoms with van der Waals surface area (Å²) in [6, 6.07) is 0. The zero-order valence-electron chi connectivity index (χ0n) is 4.73. The van der Waals surface area contributed by atoms with Crippen LogP contribution in [0.25, 0.3) is 0 Å². The zero-order valence-corrected chi connectivity index (χ0v) is 4.73. The Kier molecular flexibility index (Phi) is 3.19. The van der Waals surface area contributed by atoms with Crippen molar-refractivity contribution in [3.63, 3.8) is 0 Å². The van der Waals surface area contributed by atoms with E-state index in [0.717, 1.165) is 6.42 Å². The van der Waals surface area contributed by atoms with Gasteiger partial charge in [-0.05, 0) is 0 Å². The van der Waals surface area contributed by atoms with Crippen molar-refractivity contribution in [2.24, 2.45) is 0 Å². The monoisotopic (exact) mass is 102 g/mol. The first-order valence-electron chi connectivity index (χ1n) is 2.17. The molecule has 0 aliphatic heterocycles. The number of hydrogen-bond acceptors (Lipinski definition) is 1. The van der Waals surface area contributed by atoms with Gasteiger partial charge in [0.25, 0.3) is 0 Å². The molecule has 0 aromatic rings. The van der Waals surface area contributed by atoms with Crippen LogP contribution < -0.4 is 0 Å². The minimum absolute atomic E-state index is 0.569. The van der Waals surface area contributed by atoms with Crippen LogP contribution >= 0.6 is 0 Å². The maximum absolute atomic E-state index is 4.68. The molecule has 0 rings (SSSR count). The Morgan fingerprint density at radius 3 is 2.43 bits per heavy atom. The number of rotatable bonds is 1. The van der Waals surface area contributed by atoms with Gasteiger partial charge in [-0.25, -0.2) is 0 Å². The third kappa shape index (κ3) is 2.09. The molecule has 42 valence electrons. The fourth-order valence-corrected chi connectivity index (χ4v) is 0.305. The Morgan fingerprint density at radius 2 is 2.43 bits per heavy atom. The lowest BCUT2D eigenvalue weighted by Gasteiger charge is -1.91. The predicted molar refractivity (Wildman–Crippen MR) is 27.7 cm³/mol. The molecule has 0 radical (unpaired) electrons. The number of esters is 1. The van der Waals surface area contributed by atoms with Crippen LogP contribution in [0.4, 0.5) is 0 Å². The quantitative estimate of drug-likeness (QED) is 0.273. The molecule has 0 heterocycles. The van der Waals surface area contributed by atoms with Crippen molar-refractivity contribution in [2.45, 2.75) is 13.3 Å². The lowest BCUT2D eigenvalue weighted by Crippen LogP contribution is -1.99. The van der Waals surface area contributed by atoms with E-state index in [0.29, 0.717) is 5.97 Å². The summed E-state index contributed by atoms with van der Waals surface area (Å²) in [5, 5.41) is 0. The third-order valence-corrected chi connectivity index (χ3v) is 0.677. The number of methoxy groups -OCH3 is 1. The number of hydrogen-bond donors (Lipinski definition) is 0. The van der Waals surface area contributed by atoms with Crippen LogP contribution in [0, 0.1) is 7.11 Å². The molecule has 7 heavy (non-hydrogen) atoms. The van der Waals surface area contributed by atoms with Gasteiger partial charge in [-0.15, -0.1) is 0 Å². The fraction of sp³-hybridized carbons (Fsp3) is 0.600. The van der Waals surface area contributed by atoms with Gasteiger partial charge in [-0.3, -0.25) is 0 Å². The van der Waals surface area contributed by atoms with Gasteiger partial charge >= 0.3 is 5.97 Å². The van der Waals surface area contributed by atoms with Gasteiger partial charge in [0, 0.05) is 13.5 Å². The van der Waals surface area contributed by atoms with E-state index < -0.39 is 0 Å². The van der Waals surface area contributed by atoms with Crippen molar-refractivity contribution in [3.8, 4) is 0 Å². The second kappa shape index (κ2) is 3.53. The highest BCUT2D eigenvalue weighted by atomic mass is 16.6. The van der Waals surface area contributed by atoms with Crippen LogP contribution in [0.5, 0.6) is 0 Å². The largest absolute Gasteiger partial charge is 0.470 e. The highest BCUT2D eigenvalue weighted by molar-refractivity contribution is 5.69. The van der Waals surface area contributed by atoms with E-state index in [-0.39, 0.29) is 0 Å². The van der Waals surface area contributed by atoms with Crippen molar-refractivity contribution in [1.29, 1.82) is 0 Å². The summed E-state index contributed by atoms with van der Waals surface area (Å²) in [7, 11) is 4.73. The standard InChI is InChI=1S/C5H10O2/c1-4-5(6-2)7-3/h2,4H2,1,3H3. The van der Waals surface area contributed by atoms with Gasteiger partial charge < -0.3 is 9.16 Å². The predicted octanol–water partition coefficient (Wildman–Crippen LogP) is 0.897. The molecule has 0 aromatic heterocycles. The molecule has 2 heteroatoms.